The smallest absolute Gasteiger partial charge is 0.481 e. The second-order valence-electron chi connectivity index (χ2n) is 11.5. The molecule has 6 atom stereocenters. The lowest BCUT2D eigenvalue weighted by Gasteiger charge is -2.27. The average molecular weight is 678 g/mol. The number of carboxylic acid groups (broad SMARTS) is 1. The molecule has 3 aromatic carbocycles. The van der Waals surface area contributed by atoms with Gasteiger partial charge in [0.1, 0.15) is 30.5 Å². The Hall–Kier alpha value is -4.76. The van der Waals surface area contributed by atoms with Crippen LogP contribution in [-0.2, 0) is 18.9 Å². The quantitative estimate of drug-likeness (QED) is 0.109. The van der Waals surface area contributed by atoms with Gasteiger partial charge in [-0.1, -0.05) is 60.7 Å². The zero-order valence-electron chi connectivity index (χ0n) is 26.2. The zero-order valence-corrected chi connectivity index (χ0v) is 27.1. The average Bonchev–Trinajstić information content (AvgIpc) is 3.57. The molecule has 3 heterocycles. The molecule has 1 saturated heterocycles. The fourth-order valence-electron chi connectivity index (χ4n) is 5.83. The monoisotopic (exact) mass is 677 g/mol. The van der Waals surface area contributed by atoms with Gasteiger partial charge in [-0.15, -0.1) is 0 Å². The Labute approximate surface area is 275 Å². The number of hydrogen-bond acceptors (Lipinski definition) is 12. The summed E-state index contributed by atoms with van der Waals surface area (Å²) >= 11 is 0. The number of rotatable bonds is 12. The number of aliphatic carboxylic acids is 1. The molecule has 0 radical (unpaired) electrons. The molecular formula is C32H34N6O9P+. The zero-order chi connectivity index (χ0) is 34.2. The van der Waals surface area contributed by atoms with Gasteiger partial charge in [0.05, 0.1) is 24.7 Å². The van der Waals surface area contributed by atoms with E-state index >= 15 is 0 Å². The number of anilines is 1. The number of aliphatic hydroxyl groups excluding tert-OH is 1. The summed E-state index contributed by atoms with van der Waals surface area (Å²) in [6.45, 7) is 2.72. The van der Waals surface area contributed by atoms with E-state index in [9.17, 15) is 24.7 Å². The molecule has 48 heavy (non-hydrogen) atoms. The van der Waals surface area contributed by atoms with Crippen molar-refractivity contribution in [2.24, 2.45) is 0 Å². The number of imidazole rings is 1. The van der Waals surface area contributed by atoms with Gasteiger partial charge in [0.15, 0.2) is 23.1 Å². The predicted molar refractivity (Wildman–Crippen MR) is 173 cm³/mol. The van der Waals surface area contributed by atoms with Crippen LogP contribution in [0, 0.1) is 6.92 Å². The van der Waals surface area contributed by atoms with Gasteiger partial charge in [0.2, 0.25) is 11.8 Å². The molecule has 1 fully saturated rings. The molecular weight excluding hydrogens is 643 g/mol. The van der Waals surface area contributed by atoms with Crippen molar-refractivity contribution in [3.8, 4) is 11.6 Å². The van der Waals surface area contributed by atoms with E-state index in [4.69, 9.17) is 24.6 Å². The van der Waals surface area contributed by atoms with Gasteiger partial charge in [0.25, 0.3) is 0 Å². The summed E-state index contributed by atoms with van der Waals surface area (Å²) < 4.78 is 32.8. The summed E-state index contributed by atoms with van der Waals surface area (Å²) in [7, 11) is -1.50. The van der Waals surface area contributed by atoms with Crippen LogP contribution in [0.5, 0.6) is 11.6 Å². The van der Waals surface area contributed by atoms with E-state index in [1.54, 1.807) is 43.3 Å². The number of nitrogens with two attached hydrogens (primary N) is 1. The normalized spacial score (nSPS) is 21.9. The van der Waals surface area contributed by atoms with E-state index < -0.39 is 57.3 Å². The number of benzene rings is 3. The maximum atomic E-state index is 14.1. The molecule has 6 rings (SSSR count). The number of methoxy groups -OCH3 is 1. The number of aryl methyl sites for hydroxylation is 1. The van der Waals surface area contributed by atoms with Crippen molar-refractivity contribution in [2.75, 3.05) is 19.5 Å². The Morgan fingerprint density at radius 3 is 2.62 bits per heavy atom. The van der Waals surface area contributed by atoms with Gasteiger partial charge in [0, 0.05) is 9.95 Å². The Morgan fingerprint density at radius 1 is 1.15 bits per heavy atom. The molecule has 0 amide bonds. The fraction of sp³-hybridized carbons (Fsp3) is 0.312. The minimum atomic E-state index is -2.90. The van der Waals surface area contributed by atoms with Crippen LogP contribution in [-0.4, -0.2) is 77.2 Å². The fourth-order valence-corrected chi connectivity index (χ4v) is 6.83. The van der Waals surface area contributed by atoms with E-state index in [0.29, 0.717) is 16.7 Å². The Balaban J connectivity index is 1.32. The number of hydroxylamine groups is 1. The number of ether oxygens (including phenoxy) is 2. The molecule has 1 unspecified atom stereocenters. The van der Waals surface area contributed by atoms with E-state index in [1.807, 2.05) is 30.3 Å². The van der Waals surface area contributed by atoms with E-state index in [1.165, 1.54) is 24.9 Å². The summed E-state index contributed by atoms with van der Waals surface area (Å²) in [6, 6.07) is 18.6. The van der Waals surface area contributed by atoms with Crippen LogP contribution in [0.25, 0.3) is 21.9 Å². The summed E-state index contributed by atoms with van der Waals surface area (Å²) in [6.07, 6.45) is -3.11. The SMILES string of the molecule is COc1nc(N)nc2c1ncn2[C@@H]1O[C@H](CON([C@@H](CC(=O)O)c2ccccc2C)[P+](=O)Oc2cccc3ccccc23)[C@@H](O)[C@@]1(C)O. The van der Waals surface area contributed by atoms with Crippen LogP contribution < -0.4 is 15.0 Å². The summed E-state index contributed by atoms with van der Waals surface area (Å²) in [5.41, 5.74) is 5.67. The topological polar surface area (TPSA) is 205 Å². The first kappa shape index (κ1) is 33.2. The minimum Gasteiger partial charge on any atom is -0.481 e. The molecule has 1 aliphatic rings. The number of carbonyl (C=O) groups is 1. The highest BCUT2D eigenvalue weighted by Gasteiger charge is 2.55. The van der Waals surface area contributed by atoms with Crippen molar-refractivity contribution in [2.45, 2.75) is 50.3 Å². The van der Waals surface area contributed by atoms with Crippen LogP contribution in [0.1, 0.15) is 36.7 Å². The Morgan fingerprint density at radius 2 is 1.88 bits per heavy atom. The minimum absolute atomic E-state index is 0.106. The number of aliphatic hydroxyl groups is 2. The van der Waals surface area contributed by atoms with Crippen molar-refractivity contribution in [1.29, 1.82) is 0 Å². The van der Waals surface area contributed by atoms with Gasteiger partial charge >= 0.3 is 14.1 Å². The van der Waals surface area contributed by atoms with Gasteiger partial charge in [-0.3, -0.25) is 14.2 Å². The summed E-state index contributed by atoms with van der Waals surface area (Å²) in [4.78, 5) is 31.7. The van der Waals surface area contributed by atoms with Crippen molar-refractivity contribution in [1.82, 2.24) is 24.4 Å². The number of nitrogen functional groups attached to an aromatic ring is 1. The van der Waals surface area contributed by atoms with Crippen molar-refractivity contribution >= 4 is 42.0 Å². The van der Waals surface area contributed by atoms with Crippen LogP contribution in [0.4, 0.5) is 5.95 Å². The third-order valence-corrected chi connectivity index (χ3v) is 9.32. The molecule has 2 aromatic heterocycles. The van der Waals surface area contributed by atoms with Gasteiger partial charge in [-0.2, -0.15) is 9.97 Å². The molecule has 5 aromatic rings. The lowest BCUT2D eigenvalue weighted by atomic mass is 9.96. The van der Waals surface area contributed by atoms with E-state index in [0.717, 1.165) is 15.8 Å². The molecule has 0 bridgehead atoms. The lowest BCUT2D eigenvalue weighted by molar-refractivity contribution is -0.169. The van der Waals surface area contributed by atoms with Crippen LogP contribution in [0.2, 0.25) is 0 Å². The largest absolute Gasteiger partial charge is 0.693 e. The molecule has 15 nitrogen and oxygen atoms in total. The first-order valence-electron chi connectivity index (χ1n) is 14.9. The number of nitrogens with zero attached hydrogens (tertiary/aromatic N) is 5. The predicted octanol–water partition coefficient (Wildman–Crippen LogP) is 4.07. The molecule has 1 aliphatic heterocycles. The standard InChI is InChI=1S/C32H33N6O9P/c1-18-9-4-6-12-20(18)22(15-25(39)40)38(48(43)47-23-14-8-11-19-10-5-7-13-21(19)23)45-16-24-27(41)32(2,42)30(46-24)37-17-34-26-28(37)35-31(33)36-29(26)44-3/h4-14,17,22,24,27,30,41-42H,15-16H2,1-3H3,(H2-,33,35,36,39,40)/p+1/t22-,24+,27+,30+,32+/m0/s1. The number of aromatic nitrogens is 4. The molecule has 5 N–H and O–H groups in total. The number of carboxylic acids is 1. The van der Waals surface area contributed by atoms with Crippen LogP contribution in [0.3, 0.4) is 0 Å². The first-order valence-corrected chi connectivity index (χ1v) is 16.0. The van der Waals surface area contributed by atoms with Crippen molar-refractivity contribution in [3.05, 3.63) is 84.2 Å². The molecule has 0 saturated carbocycles. The number of fused-ring (bicyclic) bond motifs is 2. The van der Waals surface area contributed by atoms with Crippen molar-refractivity contribution in [3.63, 3.8) is 0 Å². The Bertz CT molecular complexity index is 1980. The molecule has 0 aliphatic carbocycles. The summed E-state index contributed by atoms with van der Waals surface area (Å²) in [5, 5.41) is 34.2. The maximum absolute atomic E-state index is 14.1. The van der Waals surface area contributed by atoms with Crippen LogP contribution >= 0.6 is 8.18 Å². The molecule has 0 spiro atoms. The van der Waals surface area contributed by atoms with Gasteiger partial charge < -0.3 is 30.5 Å². The maximum Gasteiger partial charge on any atom is 0.693 e. The second kappa shape index (κ2) is 13.4. The highest BCUT2D eigenvalue weighted by molar-refractivity contribution is 7.36. The third-order valence-electron chi connectivity index (χ3n) is 8.25. The molecule has 250 valence electrons. The number of hydrogen-bond donors (Lipinski definition) is 4. The third kappa shape index (κ3) is 6.27. The highest BCUT2D eigenvalue weighted by Crippen LogP contribution is 2.45. The second-order valence-corrected chi connectivity index (χ2v) is 12.5. The first-order chi connectivity index (χ1) is 23.0. The van der Waals surface area contributed by atoms with E-state index in [2.05, 4.69) is 15.0 Å². The van der Waals surface area contributed by atoms with Gasteiger partial charge in [-0.05, 0) is 36.4 Å². The molecule has 16 heteroatoms. The van der Waals surface area contributed by atoms with Crippen molar-refractivity contribution < 1.29 is 43.5 Å². The highest BCUT2D eigenvalue weighted by atomic mass is 31.1. The lowest BCUT2D eigenvalue weighted by Crippen LogP contribution is -2.45. The summed E-state index contributed by atoms with van der Waals surface area (Å²) in [5.74, 6) is -0.870. The Kier molecular flexibility index (Phi) is 9.25. The van der Waals surface area contributed by atoms with E-state index in [-0.39, 0.29) is 23.0 Å². The van der Waals surface area contributed by atoms with Crippen LogP contribution in [0.15, 0.2) is 73.1 Å². The van der Waals surface area contributed by atoms with Gasteiger partial charge in [-0.25, -0.2) is 9.51 Å².